The molecule has 1 atom stereocenters. The molecule has 2 heterocycles. The number of piperidine rings is 1. The lowest BCUT2D eigenvalue weighted by atomic mass is 9.88. The van der Waals surface area contributed by atoms with Crippen LogP contribution in [-0.4, -0.2) is 79.7 Å². The predicted molar refractivity (Wildman–Crippen MR) is 143 cm³/mol. The lowest BCUT2D eigenvalue weighted by Crippen LogP contribution is -2.61. The van der Waals surface area contributed by atoms with Crippen molar-refractivity contribution in [1.82, 2.24) is 4.90 Å². The second kappa shape index (κ2) is 11.3. The van der Waals surface area contributed by atoms with Crippen molar-refractivity contribution in [3.63, 3.8) is 0 Å². The molecule has 0 radical (unpaired) electrons. The fraction of sp³-hybridized carbons (Fsp3) is 0.552. The van der Waals surface area contributed by atoms with Crippen LogP contribution < -0.4 is 9.64 Å². The molecule has 1 amide bonds. The molecule has 2 aliphatic rings. The van der Waals surface area contributed by atoms with E-state index in [1.54, 1.807) is 50.1 Å². The molecule has 2 aliphatic heterocycles. The number of rotatable bonds is 7. The first-order chi connectivity index (χ1) is 18.3. The first kappa shape index (κ1) is 29.2. The van der Waals surface area contributed by atoms with Gasteiger partial charge in [-0.2, -0.15) is 13.2 Å². The first-order valence-corrected chi connectivity index (χ1v) is 13.1. The molecule has 7 nitrogen and oxygen atoms in total. The third-order valence-corrected chi connectivity index (χ3v) is 7.18. The molecular formula is C29H39F3N2O5. The number of halogens is 3. The van der Waals surface area contributed by atoms with Gasteiger partial charge in [0.25, 0.3) is 5.91 Å². The standard InChI is InChI=1S/C29H37F3N2O5.H2/c1-20-14-21(8-9-25(20)38-19-27(2,3)36)26(35)33-12-10-28(11-13-33)18-34(16-24(39-28)17-37-4)23-7-5-6-22(15-23)29(30,31)32;/h5-9,14-15,24,36H,10-13,16-19H2,1-4H3;1H. The fourth-order valence-corrected chi connectivity index (χ4v) is 5.21. The molecule has 10 heteroatoms. The predicted octanol–water partition coefficient (Wildman–Crippen LogP) is 4.94. The molecule has 2 aromatic rings. The van der Waals surface area contributed by atoms with Crippen molar-refractivity contribution in [2.24, 2.45) is 0 Å². The van der Waals surface area contributed by atoms with E-state index in [2.05, 4.69) is 0 Å². The number of nitrogens with zero attached hydrogens (tertiary/aromatic N) is 2. The van der Waals surface area contributed by atoms with Gasteiger partial charge in [-0.25, -0.2) is 0 Å². The number of amides is 1. The van der Waals surface area contributed by atoms with Crippen molar-refractivity contribution in [3.8, 4) is 5.75 Å². The van der Waals surface area contributed by atoms with Gasteiger partial charge in [0.05, 0.1) is 29.5 Å². The maximum absolute atomic E-state index is 13.4. The van der Waals surface area contributed by atoms with Crippen molar-refractivity contribution >= 4 is 11.6 Å². The monoisotopic (exact) mass is 552 g/mol. The van der Waals surface area contributed by atoms with E-state index in [0.29, 0.717) is 62.6 Å². The lowest BCUT2D eigenvalue weighted by molar-refractivity contribution is -0.145. The summed E-state index contributed by atoms with van der Waals surface area (Å²) in [4.78, 5) is 17.0. The van der Waals surface area contributed by atoms with Crippen LogP contribution in [0.5, 0.6) is 5.75 Å². The van der Waals surface area contributed by atoms with Gasteiger partial charge < -0.3 is 29.1 Å². The molecule has 2 aromatic carbocycles. The van der Waals surface area contributed by atoms with E-state index in [-0.39, 0.29) is 20.0 Å². The Labute approximate surface area is 228 Å². The van der Waals surface area contributed by atoms with E-state index in [0.717, 1.165) is 11.6 Å². The van der Waals surface area contributed by atoms with Gasteiger partial charge in [0.1, 0.15) is 12.4 Å². The quantitative estimate of drug-likeness (QED) is 0.525. The van der Waals surface area contributed by atoms with Gasteiger partial charge in [-0.1, -0.05) is 6.07 Å². The van der Waals surface area contributed by atoms with Crippen molar-refractivity contribution in [2.45, 2.75) is 57.1 Å². The highest BCUT2D eigenvalue weighted by atomic mass is 19.4. The SMILES string of the molecule is COCC1CN(c2cccc(C(F)(F)F)c2)CC2(CCN(C(=O)c3ccc(OCC(C)(C)O)c(C)c3)CC2)O1.[HH]. The summed E-state index contributed by atoms with van der Waals surface area (Å²) in [5.74, 6) is 0.515. The molecule has 216 valence electrons. The Balaban J connectivity index is 0.00000441. The highest BCUT2D eigenvalue weighted by molar-refractivity contribution is 5.94. The number of methoxy groups -OCH3 is 1. The zero-order chi connectivity index (χ0) is 28.4. The Bertz CT molecular complexity index is 1160. The minimum atomic E-state index is -4.42. The lowest BCUT2D eigenvalue weighted by Gasteiger charge is -2.50. The molecule has 1 N–H and O–H groups in total. The highest BCUT2D eigenvalue weighted by Gasteiger charge is 2.44. The van der Waals surface area contributed by atoms with Crippen LogP contribution in [-0.2, 0) is 15.7 Å². The summed E-state index contributed by atoms with van der Waals surface area (Å²) in [6.07, 6.45) is -3.62. The maximum atomic E-state index is 13.4. The van der Waals surface area contributed by atoms with Gasteiger partial charge in [-0.05, 0) is 75.6 Å². The number of anilines is 1. The molecule has 4 rings (SSSR count). The average molecular weight is 553 g/mol. The second-order valence-electron chi connectivity index (χ2n) is 11.2. The second-order valence-corrected chi connectivity index (χ2v) is 11.2. The smallest absolute Gasteiger partial charge is 0.416 e. The topological polar surface area (TPSA) is 71.5 Å². The molecule has 0 aromatic heterocycles. The molecule has 0 bridgehead atoms. The summed E-state index contributed by atoms with van der Waals surface area (Å²) >= 11 is 0. The van der Waals surface area contributed by atoms with Crippen LogP contribution in [0.1, 0.15) is 49.6 Å². The number of alkyl halides is 3. The number of hydrogen-bond acceptors (Lipinski definition) is 6. The van der Waals surface area contributed by atoms with E-state index >= 15 is 0 Å². The van der Waals surface area contributed by atoms with Gasteiger partial charge in [0.15, 0.2) is 0 Å². The van der Waals surface area contributed by atoms with Crippen LogP contribution in [0, 0.1) is 6.92 Å². The number of hydrogen-bond donors (Lipinski definition) is 1. The maximum Gasteiger partial charge on any atom is 0.416 e. The Morgan fingerprint density at radius 1 is 1.18 bits per heavy atom. The zero-order valence-electron chi connectivity index (χ0n) is 22.9. The number of aryl methyl sites for hydroxylation is 1. The molecule has 39 heavy (non-hydrogen) atoms. The molecule has 2 saturated heterocycles. The molecule has 2 fully saturated rings. The number of morpholine rings is 1. The van der Waals surface area contributed by atoms with Crippen LogP contribution in [0.15, 0.2) is 42.5 Å². The van der Waals surface area contributed by atoms with Gasteiger partial charge in [-0.3, -0.25) is 4.79 Å². The van der Waals surface area contributed by atoms with Crippen LogP contribution in [0.2, 0.25) is 0 Å². The first-order valence-electron chi connectivity index (χ1n) is 13.1. The van der Waals surface area contributed by atoms with E-state index in [9.17, 15) is 23.1 Å². The van der Waals surface area contributed by atoms with Gasteiger partial charge >= 0.3 is 6.18 Å². The van der Waals surface area contributed by atoms with E-state index in [4.69, 9.17) is 14.2 Å². The van der Waals surface area contributed by atoms with Crippen LogP contribution in [0.25, 0.3) is 0 Å². The minimum absolute atomic E-state index is 0. The largest absolute Gasteiger partial charge is 0.490 e. The Morgan fingerprint density at radius 3 is 2.51 bits per heavy atom. The van der Waals surface area contributed by atoms with Crippen molar-refractivity contribution in [3.05, 3.63) is 59.2 Å². The summed E-state index contributed by atoms with van der Waals surface area (Å²) in [5.41, 5.74) is -0.410. The molecular weight excluding hydrogens is 513 g/mol. The number of aliphatic hydroxyl groups is 1. The van der Waals surface area contributed by atoms with Crippen LogP contribution in [0.3, 0.4) is 0 Å². The van der Waals surface area contributed by atoms with Crippen molar-refractivity contribution < 1.29 is 38.7 Å². The summed E-state index contributed by atoms with van der Waals surface area (Å²) in [5, 5.41) is 9.91. The minimum Gasteiger partial charge on any atom is -0.490 e. The van der Waals surface area contributed by atoms with Crippen molar-refractivity contribution in [2.75, 3.05) is 51.4 Å². The van der Waals surface area contributed by atoms with Gasteiger partial charge in [-0.15, -0.1) is 0 Å². The van der Waals surface area contributed by atoms with Gasteiger partial charge in [0.2, 0.25) is 0 Å². The number of carbonyl (C=O) groups is 1. The third kappa shape index (κ3) is 7.23. The summed E-state index contributed by atoms with van der Waals surface area (Å²) in [7, 11) is 1.57. The van der Waals surface area contributed by atoms with Crippen LogP contribution in [0.4, 0.5) is 18.9 Å². The summed E-state index contributed by atoms with van der Waals surface area (Å²) < 4.78 is 57.5. The third-order valence-electron chi connectivity index (χ3n) is 7.18. The van der Waals surface area contributed by atoms with Crippen molar-refractivity contribution in [1.29, 1.82) is 0 Å². The van der Waals surface area contributed by atoms with Crippen LogP contribution >= 0.6 is 0 Å². The molecule has 0 aliphatic carbocycles. The normalized spacial score (nSPS) is 19.8. The number of likely N-dealkylation sites (tertiary alicyclic amines) is 1. The molecule has 1 unspecified atom stereocenters. The number of carbonyl (C=O) groups excluding carboxylic acids is 1. The summed E-state index contributed by atoms with van der Waals surface area (Å²) in [6, 6.07) is 10.6. The van der Waals surface area contributed by atoms with E-state index in [1.807, 2.05) is 11.8 Å². The zero-order valence-corrected chi connectivity index (χ0v) is 22.9. The summed E-state index contributed by atoms with van der Waals surface area (Å²) in [6.45, 7) is 7.42. The van der Waals surface area contributed by atoms with E-state index < -0.39 is 22.9 Å². The number of ether oxygens (including phenoxy) is 3. The average Bonchev–Trinajstić information content (AvgIpc) is 2.87. The Hall–Kier alpha value is -2.82. The van der Waals surface area contributed by atoms with Gasteiger partial charge in [0, 0.05) is 46.0 Å². The van der Waals surface area contributed by atoms with E-state index in [1.165, 1.54) is 12.1 Å². The highest BCUT2D eigenvalue weighted by Crippen LogP contribution is 2.37. The Kier molecular flexibility index (Phi) is 8.49. The Morgan fingerprint density at radius 2 is 1.90 bits per heavy atom. The number of benzene rings is 2. The molecule has 0 saturated carbocycles. The molecule has 1 spiro atoms. The fourth-order valence-electron chi connectivity index (χ4n) is 5.21.